The van der Waals surface area contributed by atoms with E-state index in [1.54, 1.807) is 20.8 Å². The molecule has 0 fully saturated rings. The first-order chi connectivity index (χ1) is 16.7. The molecular weight excluding hydrogens is 496 g/mol. The highest BCUT2D eigenvalue weighted by molar-refractivity contribution is 8.13. The predicted octanol–water partition coefficient (Wildman–Crippen LogP) is -0.310. The highest BCUT2D eigenvalue weighted by Gasteiger charge is 2.28. The van der Waals surface area contributed by atoms with Crippen LogP contribution in [0.3, 0.4) is 0 Å². The number of thioether (sulfide) groups is 1. The molecule has 0 saturated carbocycles. The number of methoxy groups -OCH3 is 1. The number of nitrogens with zero attached hydrogens (tertiary/aromatic N) is 2. The lowest BCUT2D eigenvalue weighted by Gasteiger charge is -2.22. The average Bonchev–Trinajstić information content (AvgIpc) is 3.22. The van der Waals surface area contributed by atoms with Gasteiger partial charge in [-0.2, -0.15) is 0 Å². The van der Waals surface area contributed by atoms with Crippen molar-refractivity contribution in [3.63, 3.8) is 0 Å². The maximum atomic E-state index is 13.0. The van der Waals surface area contributed by atoms with Gasteiger partial charge in [0.2, 0.25) is 22.8 Å². The van der Waals surface area contributed by atoms with Crippen molar-refractivity contribution in [1.29, 1.82) is 0 Å². The van der Waals surface area contributed by atoms with E-state index in [4.69, 9.17) is 10.5 Å². The van der Waals surface area contributed by atoms with Crippen LogP contribution in [0.25, 0.3) is 0 Å². The summed E-state index contributed by atoms with van der Waals surface area (Å²) in [6.45, 7) is 6.23. The minimum atomic E-state index is -1.15. The van der Waals surface area contributed by atoms with Crippen LogP contribution < -0.4 is 21.7 Å². The summed E-state index contributed by atoms with van der Waals surface area (Å²) in [7, 11) is 1.18. The molecule has 4 amide bonds. The molecule has 0 aromatic carbocycles. The summed E-state index contributed by atoms with van der Waals surface area (Å²) in [6.07, 6.45) is 0.834. The Hall–Kier alpha value is -3.62. The van der Waals surface area contributed by atoms with E-state index in [-0.39, 0.29) is 30.8 Å². The third-order valence-electron chi connectivity index (χ3n) is 4.26. The number of alkyl carbamates (subject to hydrolysis) is 1. The highest BCUT2D eigenvalue weighted by atomic mass is 32.2. The predicted molar refractivity (Wildman–Crippen MR) is 129 cm³/mol. The Bertz CT molecular complexity index is 974. The van der Waals surface area contributed by atoms with Gasteiger partial charge >= 0.3 is 12.2 Å². The van der Waals surface area contributed by atoms with Crippen LogP contribution in [0.1, 0.15) is 39.8 Å². The van der Waals surface area contributed by atoms with Crippen LogP contribution in [0.15, 0.2) is 12.5 Å². The zero-order chi connectivity index (χ0) is 27.5. The fraction of sp³-hybridized carbons (Fsp3) is 0.571. The molecule has 1 aromatic heterocycles. The van der Waals surface area contributed by atoms with Crippen LogP contribution in [0, 0.1) is 0 Å². The van der Waals surface area contributed by atoms with Crippen molar-refractivity contribution >= 4 is 46.8 Å². The van der Waals surface area contributed by atoms with E-state index >= 15 is 0 Å². The maximum Gasteiger partial charge on any atom is 0.420 e. The van der Waals surface area contributed by atoms with E-state index in [0.29, 0.717) is 11.8 Å². The van der Waals surface area contributed by atoms with Crippen LogP contribution in [0.2, 0.25) is 0 Å². The van der Waals surface area contributed by atoms with Gasteiger partial charge in [0.05, 0.1) is 12.8 Å². The molecule has 1 heterocycles. The lowest BCUT2D eigenvalue weighted by Crippen LogP contribution is -2.47. The van der Waals surface area contributed by atoms with Crippen LogP contribution in [0.5, 0.6) is 0 Å². The largest absolute Gasteiger partial charge is 0.453 e. The van der Waals surface area contributed by atoms with Crippen LogP contribution >= 0.6 is 11.8 Å². The standard InChI is InChI=1S/C21H32N6O8S/c1-12(28)25-15(17(22)30)10-36-18(31)14(26-16(29)6-7-24-19(32)34-5)8-13-9-23-11-27(13)20(33)35-21(2,3)4/h9,11,14-15H,6-8,10H2,1-5H3,(H2,22,30)(H,24,32)(H,25,28)(H,26,29)/t14-,15-/m0/s1. The maximum absolute atomic E-state index is 13.0. The lowest BCUT2D eigenvalue weighted by molar-refractivity contribution is -0.125. The number of amides is 4. The SMILES string of the molecule is COC(=O)NCCC(=O)N[C@@H](Cc1cncn1C(=O)OC(C)(C)C)C(=O)SC[C@H](NC(C)=O)C(N)=O. The minimum Gasteiger partial charge on any atom is -0.453 e. The third kappa shape index (κ3) is 11.2. The third-order valence-corrected chi connectivity index (χ3v) is 5.33. The zero-order valence-electron chi connectivity index (χ0n) is 20.8. The van der Waals surface area contributed by atoms with E-state index < -0.39 is 52.7 Å². The van der Waals surface area contributed by atoms with Crippen molar-refractivity contribution < 1.29 is 38.2 Å². The van der Waals surface area contributed by atoms with E-state index in [1.807, 2.05) is 0 Å². The van der Waals surface area contributed by atoms with Gasteiger partial charge in [-0.25, -0.2) is 19.1 Å². The van der Waals surface area contributed by atoms with Gasteiger partial charge in [0.15, 0.2) is 0 Å². The van der Waals surface area contributed by atoms with Crippen LogP contribution in [-0.2, 0) is 35.1 Å². The first-order valence-corrected chi connectivity index (χ1v) is 11.8. The van der Waals surface area contributed by atoms with Gasteiger partial charge < -0.3 is 31.2 Å². The van der Waals surface area contributed by atoms with E-state index in [1.165, 1.54) is 26.6 Å². The van der Waals surface area contributed by atoms with Crippen LogP contribution in [0.4, 0.5) is 9.59 Å². The molecule has 36 heavy (non-hydrogen) atoms. The zero-order valence-corrected chi connectivity index (χ0v) is 21.6. The molecule has 0 radical (unpaired) electrons. The Kier molecular flexibility index (Phi) is 11.9. The Labute approximate surface area is 212 Å². The second-order valence-corrected chi connectivity index (χ2v) is 9.54. The number of imidazole rings is 1. The number of hydrogen-bond acceptors (Lipinski definition) is 10. The number of ether oxygens (including phenoxy) is 2. The minimum absolute atomic E-state index is 0.0469. The van der Waals surface area contributed by atoms with Crippen molar-refractivity contribution in [2.24, 2.45) is 5.73 Å². The number of carbonyl (C=O) groups is 6. The van der Waals surface area contributed by atoms with Gasteiger partial charge in [-0.3, -0.25) is 19.2 Å². The number of rotatable bonds is 11. The van der Waals surface area contributed by atoms with E-state index in [0.717, 1.165) is 4.57 Å². The van der Waals surface area contributed by atoms with Gasteiger partial charge in [0, 0.05) is 38.3 Å². The molecule has 0 aliphatic carbocycles. The summed E-state index contributed by atoms with van der Waals surface area (Å²) < 4.78 is 10.9. The Morgan fingerprint density at radius 1 is 1.14 bits per heavy atom. The summed E-state index contributed by atoms with van der Waals surface area (Å²) in [5.74, 6) is -2.07. The van der Waals surface area contributed by atoms with Crippen molar-refractivity contribution in [3.8, 4) is 0 Å². The van der Waals surface area contributed by atoms with Crippen molar-refractivity contribution in [3.05, 3.63) is 18.2 Å². The van der Waals surface area contributed by atoms with Crippen molar-refractivity contribution in [1.82, 2.24) is 25.5 Å². The number of primary amides is 1. The summed E-state index contributed by atoms with van der Waals surface area (Å²) in [5.41, 5.74) is 4.78. The highest BCUT2D eigenvalue weighted by Crippen LogP contribution is 2.15. The molecule has 14 nitrogen and oxygen atoms in total. The second kappa shape index (κ2) is 14.1. The molecule has 0 bridgehead atoms. The summed E-state index contributed by atoms with van der Waals surface area (Å²) >= 11 is 0.679. The number of carbonyl (C=O) groups excluding carboxylic acids is 6. The number of aromatic nitrogens is 2. The average molecular weight is 529 g/mol. The molecule has 0 spiro atoms. The van der Waals surface area contributed by atoms with Crippen LogP contribution in [-0.4, -0.2) is 81.7 Å². The van der Waals surface area contributed by atoms with Gasteiger partial charge in [0.1, 0.15) is 24.0 Å². The second-order valence-electron chi connectivity index (χ2n) is 8.51. The molecule has 0 unspecified atom stereocenters. The Balaban J connectivity index is 3.02. The fourth-order valence-electron chi connectivity index (χ4n) is 2.67. The fourth-order valence-corrected chi connectivity index (χ4v) is 3.60. The Morgan fingerprint density at radius 3 is 2.36 bits per heavy atom. The summed E-state index contributed by atoms with van der Waals surface area (Å²) in [4.78, 5) is 76.0. The topological polar surface area (TPSA) is 201 Å². The first kappa shape index (κ1) is 30.4. The quantitative estimate of drug-likeness (QED) is 0.295. The molecule has 2 atom stereocenters. The molecule has 0 aliphatic rings. The normalized spacial score (nSPS) is 12.6. The molecule has 0 aliphatic heterocycles. The van der Waals surface area contributed by atoms with Gasteiger partial charge in [-0.15, -0.1) is 0 Å². The molecule has 200 valence electrons. The number of hydrogen-bond donors (Lipinski definition) is 4. The van der Waals surface area contributed by atoms with Gasteiger partial charge in [0.25, 0.3) is 0 Å². The molecular formula is C21H32N6O8S. The molecule has 15 heteroatoms. The van der Waals surface area contributed by atoms with Gasteiger partial charge in [-0.1, -0.05) is 11.8 Å². The first-order valence-electron chi connectivity index (χ1n) is 10.8. The van der Waals surface area contributed by atoms with Crippen molar-refractivity contribution in [2.45, 2.75) is 58.2 Å². The molecule has 1 rings (SSSR count). The summed E-state index contributed by atoms with van der Waals surface area (Å²) in [5, 5.41) is 6.70. The molecule has 0 saturated heterocycles. The monoisotopic (exact) mass is 528 g/mol. The lowest BCUT2D eigenvalue weighted by atomic mass is 10.1. The van der Waals surface area contributed by atoms with Gasteiger partial charge in [-0.05, 0) is 20.8 Å². The van der Waals surface area contributed by atoms with E-state index in [9.17, 15) is 28.8 Å². The molecule has 1 aromatic rings. The number of nitrogens with one attached hydrogen (secondary N) is 3. The smallest absolute Gasteiger partial charge is 0.420 e. The molecule has 5 N–H and O–H groups in total. The summed E-state index contributed by atoms with van der Waals surface area (Å²) in [6, 6.07) is -2.26. The number of nitrogens with two attached hydrogens (primary N) is 1. The Morgan fingerprint density at radius 2 is 1.81 bits per heavy atom. The van der Waals surface area contributed by atoms with Crippen molar-refractivity contribution in [2.75, 3.05) is 19.4 Å². The van der Waals surface area contributed by atoms with E-state index in [2.05, 4.69) is 25.7 Å².